The smallest absolute Gasteiger partial charge is 0.133 e. The lowest BCUT2D eigenvalue weighted by molar-refractivity contribution is 0.311. The van der Waals surface area contributed by atoms with E-state index in [9.17, 15) is 4.39 Å². The van der Waals surface area contributed by atoms with E-state index >= 15 is 0 Å². The Balaban J connectivity index is 1.69. The fraction of sp³-hybridized carbons (Fsp3) is 0.231. The van der Waals surface area contributed by atoms with E-state index in [0.29, 0.717) is 23.4 Å². The SMILES string of the molecule is Fc1ccc(OCCNCc2ccoc2)c(Br)c1. The Morgan fingerprint density at radius 3 is 2.94 bits per heavy atom. The zero-order chi connectivity index (χ0) is 12.8. The van der Waals surface area contributed by atoms with Crippen LogP contribution >= 0.6 is 15.9 Å². The number of halogens is 2. The Kier molecular flexibility index (Phi) is 4.78. The van der Waals surface area contributed by atoms with Gasteiger partial charge in [-0.3, -0.25) is 0 Å². The zero-order valence-electron chi connectivity index (χ0n) is 9.66. The highest BCUT2D eigenvalue weighted by Crippen LogP contribution is 2.25. The Bertz CT molecular complexity index is 488. The number of nitrogens with one attached hydrogen (secondary N) is 1. The average Bonchev–Trinajstić information content (AvgIpc) is 2.84. The molecule has 2 rings (SSSR count). The summed E-state index contributed by atoms with van der Waals surface area (Å²) in [6.07, 6.45) is 3.34. The van der Waals surface area contributed by atoms with Crippen molar-refractivity contribution in [2.75, 3.05) is 13.2 Å². The monoisotopic (exact) mass is 313 g/mol. The molecule has 0 aliphatic heterocycles. The van der Waals surface area contributed by atoms with E-state index in [1.165, 1.54) is 12.1 Å². The van der Waals surface area contributed by atoms with Crippen molar-refractivity contribution >= 4 is 15.9 Å². The Morgan fingerprint density at radius 1 is 1.33 bits per heavy atom. The van der Waals surface area contributed by atoms with Gasteiger partial charge in [0, 0.05) is 18.7 Å². The van der Waals surface area contributed by atoms with E-state index in [2.05, 4.69) is 21.2 Å². The molecule has 0 saturated carbocycles. The second-order valence-corrected chi connectivity index (χ2v) is 4.59. The zero-order valence-corrected chi connectivity index (χ0v) is 11.2. The van der Waals surface area contributed by atoms with Gasteiger partial charge in [-0.2, -0.15) is 0 Å². The van der Waals surface area contributed by atoms with E-state index < -0.39 is 0 Å². The van der Waals surface area contributed by atoms with Gasteiger partial charge < -0.3 is 14.5 Å². The molecule has 0 aliphatic carbocycles. The van der Waals surface area contributed by atoms with Crippen molar-refractivity contribution in [2.45, 2.75) is 6.54 Å². The van der Waals surface area contributed by atoms with Crippen molar-refractivity contribution in [3.63, 3.8) is 0 Å². The molecule has 0 unspecified atom stereocenters. The van der Waals surface area contributed by atoms with Crippen LogP contribution in [0.15, 0.2) is 45.7 Å². The average molecular weight is 314 g/mol. The van der Waals surface area contributed by atoms with Crippen LogP contribution in [-0.2, 0) is 6.54 Å². The lowest BCUT2D eigenvalue weighted by Gasteiger charge is -2.08. The predicted molar refractivity (Wildman–Crippen MR) is 70.0 cm³/mol. The van der Waals surface area contributed by atoms with Crippen molar-refractivity contribution in [3.05, 3.63) is 52.6 Å². The molecule has 0 saturated heterocycles. The maximum Gasteiger partial charge on any atom is 0.133 e. The van der Waals surface area contributed by atoms with Gasteiger partial charge in [-0.15, -0.1) is 0 Å². The molecule has 1 N–H and O–H groups in total. The summed E-state index contributed by atoms with van der Waals surface area (Å²) in [6.45, 7) is 1.96. The quantitative estimate of drug-likeness (QED) is 0.830. The van der Waals surface area contributed by atoms with Crippen LogP contribution < -0.4 is 10.1 Å². The molecule has 1 aromatic heterocycles. The van der Waals surface area contributed by atoms with Crippen LogP contribution in [0.5, 0.6) is 5.75 Å². The van der Waals surface area contributed by atoms with Gasteiger partial charge in [0.05, 0.1) is 17.0 Å². The molecule has 96 valence electrons. The van der Waals surface area contributed by atoms with Gasteiger partial charge in [0.1, 0.15) is 18.2 Å². The Morgan fingerprint density at radius 2 is 2.22 bits per heavy atom. The minimum absolute atomic E-state index is 0.285. The standard InChI is InChI=1S/C13H13BrFNO2/c14-12-7-11(15)1-2-13(12)18-6-4-16-8-10-3-5-17-9-10/h1-3,5,7,9,16H,4,6,8H2. The minimum atomic E-state index is -0.285. The van der Waals surface area contributed by atoms with E-state index in [0.717, 1.165) is 12.1 Å². The van der Waals surface area contributed by atoms with Gasteiger partial charge in [0.2, 0.25) is 0 Å². The fourth-order valence-corrected chi connectivity index (χ4v) is 1.92. The summed E-state index contributed by atoms with van der Waals surface area (Å²) in [5.74, 6) is 0.355. The first-order valence-corrected chi connectivity index (χ1v) is 6.34. The first-order valence-electron chi connectivity index (χ1n) is 5.55. The summed E-state index contributed by atoms with van der Waals surface area (Å²) in [5.41, 5.74) is 1.10. The van der Waals surface area contributed by atoms with Gasteiger partial charge in [-0.1, -0.05) is 0 Å². The van der Waals surface area contributed by atoms with Crippen LogP contribution in [0.3, 0.4) is 0 Å². The van der Waals surface area contributed by atoms with Gasteiger partial charge in [0.25, 0.3) is 0 Å². The number of hydrogen-bond acceptors (Lipinski definition) is 3. The molecule has 0 spiro atoms. The first-order chi connectivity index (χ1) is 8.75. The third-order valence-electron chi connectivity index (χ3n) is 2.34. The molecular weight excluding hydrogens is 301 g/mol. The van der Waals surface area contributed by atoms with Gasteiger partial charge >= 0.3 is 0 Å². The molecule has 1 heterocycles. The van der Waals surface area contributed by atoms with Gasteiger partial charge in [-0.25, -0.2) is 4.39 Å². The van der Waals surface area contributed by atoms with Crippen LogP contribution in [0.2, 0.25) is 0 Å². The highest BCUT2D eigenvalue weighted by Gasteiger charge is 2.02. The minimum Gasteiger partial charge on any atom is -0.491 e. The third-order valence-corrected chi connectivity index (χ3v) is 2.96. The summed E-state index contributed by atoms with van der Waals surface area (Å²) in [7, 11) is 0. The van der Waals surface area contributed by atoms with Crippen molar-refractivity contribution < 1.29 is 13.5 Å². The first kappa shape index (κ1) is 13.1. The lowest BCUT2D eigenvalue weighted by Crippen LogP contribution is -2.20. The van der Waals surface area contributed by atoms with E-state index in [1.54, 1.807) is 18.6 Å². The molecule has 18 heavy (non-hydrogen) atoms. The molecule has 1 aromatic carbocycles. The van der Waals surface area contributed by atoms with E-state index in [1.807, 2.05) is 6.07 Å². The maximum atomic E-state index is 12.8. The van der Waals surface area contributed by atoms with Crippen molar-refractivity contribution in [3.8, 4) is 5.75 Å². The summed E-state index contributed by atoms with van der Waals surface area (Å²) in [4.78, 5) is 0. The molecule has 5 heteroatoms. The largest absolute Gasteiger partial charge is 0.491 e. The molecule has 0 aliphatic rings. The van der Waals surface area contributed by atoms with Crippen molar-refractivity contribution in [1.29, 1.82) is 0 Å². The normalized spacial score (nSPS) is 10.6. The van der Waals surface area contributed by atoms with Crippen molar-refractivity contribution in [1.82, 2.24) is 5.32 Å². The Hall–Kier alpha value is -1.33. The number of furan rings is 1. The molecular formula is C13H13BrFNO2. The molecule has 0 fully saturated rings. The van der Waals surface area contributed by atoms with Crippen LogP contribution in [0.4, 0.5) is 4.39 Å². The molecule has 0 radical (unpaired) electrons. The van der Waals surface area contributed by atoms with Crippen molar-refractivity contribution in [2.24, 2.45) is 0 Å². The lowest BCUT2D eigenvalue weighted by atomic mass is 10.3. The third kappa shape index (κ3) is 3.85. The number of ether oxygens (including phenoxy) is 1. The Labute approximate surface area is 113 Å². The summed E-state index contributed by atoms with van der Waals surface area (Å²) in [6, 6.07) is 6.27. The predicted octanol–water partition coefficient (Wildman–Crippen LogP) is 3.35. The summed E-state index contributed by atoms with van der Waals surface area (Å²) in [5, 5.41) is 3.21. The number of rotatable bonds is 6. The van der Waals surface area contributed by atoms with E-state index in [-0.39, 0.29) is 5.82 Å². The highest BCUT2D eigenvalue weighted by molar-refractivity contribution is 9.10. The van der Waals surface area contributed by atoms with E-state index in [4.69, 9.17) is 9.15 Å². The number of hydrogen-bond donors (Lipinski definition) is 1. The van der Waals surface area contributed by atoms with Crippen LogP contribution in [-0.4, -0.2) is 13.2 Å². The topological polar surface area (TPSA) is 34.4 Å². The molecule has 0 atom stereocenters. The molecule has 0 bridgehead atoms. The number of benzene rings is 1. The van der Waals surface area contributed by atoms with Crippen LogP contribution in [0.1, 0.15) is 5.56 Å². The molecule has 0 amide bonds. The van der Waals surface area contributed by atoms with Gasteiger partial charge in [-0.05, 0) is 40.2 Å². The second kappa shape index (κ2) is 6.56. The summed E-state index contributed by atoms with van der Waals surface area (Å²) >= 11 is 3.25. The van der Waals surface area contributed by atoms with Gasteiger partial charge in [0.15, 0.2) is 0 Å². The van der Waals surface area contributed by atoms with Crippen LogP contribution in [0, 0.1) is 5.82 Å². The molecule has 3 nitrogen and oxygen atoms in total. The highest BCUT2D eigenvalue weighted by atomic mass is 79.9. The fourth-order valence-electron chi connectivity index (χ4n) is 1.45. The second-order valence-electron chi connectivity index (χ2n) is 3.73. The molecule has 2 aromatic rings. The van der Waals surface area contributed by atoms with Crippen LogP contribution in [0.25, 0.3) is 0 Å². The maximum absolute atomic E-state index is 12.8. The summed E-state index contributed by atoms with van der Waals surface area (Å²) < 4.78 is 23.9.